The molecule has 2 N–H and O–H groups in total. The van der Waals surface area contributed by atoms with Crippen molar-refractivity contribution in [1.82, 2.24) is 0 Å². The van der Waals surface area contributed by atoms with Gasteiger partial charge in [0.25, 0.3) is 10.0 Å². The van der Waals surface area contributed by atoms with E-state index in [2.05, 4.69) is 20.7 Å². The summed E-state index contributed by atoms with van der Waals surface area (Å²) in [5.41, 5.74) is 1.40. The van der Waals surface area contributed by atoms with Crippen molar-refractivity contribution in [3.8, 4) is 5.75 Å². The van der Waals surface area contributed by atoms with Crippen LogP contribution in [0.3, 0.4) is 0 Å². The van der Waals surface area contributed by atoms with Gasteiger partial charge in [-0.05, 0) is 52.7 Å². The topological polar surface area (TPSA) is 66.4 Å². The molecule has 0 saturated heterocycles. The van der Waals surface area contributed by atoms with E-state index >= 15 is 0 Å². The Bertz CT molecular complexity index is 714. The normalized spacial score (nSPS) is 11.3. The number of anilines is 1. The van der Waals surface area contributed by atoms with Crippen LogP contribution in [0.15, 0.2) is 51.8 Å². The molecule has 0 amide bonds. The van der Waals surface area contributed by atoms with Crippen LogP contribution in [0.4, 0.5) is 5.69 Å². The fourth-order valence-corrected chi connectivity index (χ4v) is 3.16. The van der Waals surface area contributed by atoms with Crippen molar-refractivity contribution in [3.05, 3.63) is 52.5 Å². The number of halogens is 1. The van der Waals surface area contributed by atoms with Crippen LogP contribution in [0, 0.1) is 6.92 Å². The Morgan fingerprint density at radius 2 is 1.89 bits per heavy atom. The Morgan fingerprint density at radius 1 is 1.16 bits per heavy atom. The number of hydrogen-bond donors (Lipinski definition) is 2. The fraction of sp³-hybridized carbons (Fsp3) is 0.0769. The number of hydrogen-bond acceptors (Lipinski definition) is 3. The van der Waals surface area contributed by atoms with E-state index in [1.165, 1.54) is 24.3 Å². The van der Waals surface area contributed by atoms with E-state index in [1.807, 2.05) is 13.0 Å². The minimum atomic E-state index is -3.72. The summed E-state index contributed by atoms with van der Waals surface area (Å²) in [4.78, 5) is 0.0147. The zero-order valence-corrected chi connectivity index (χ0v) is 12.5. The SMILES string of the molecule is Cc1ccc(Br)c(NS(=O)(=O)c2cccc(O)c2)c1. The summed E-state index contributed by atoms with van der Waals surface area (Å²) < 4.78 is 27.5. The number of phenols is 1. The highest BCUT2D eigenvalue weighted by Gasteiger charge is 2.16. The molecule has 0 fully saturated rings. The van der Waals surface area contributed by atoms with Gasteiger partial charge in [0.05, 0.1) is 10.6 Å². The lowest BCUT2D eigenvalue weighted by Crippen LogP contribution is -2.13. The van der Waals surface area contributed by atoms with Crippen LogP contribution in [-0.2, 0) is 10.0 Å². The maximum Gasteiger partial charge on any atom is 0.262 e. The van der Waals surface area contributed by atoms with E-state index in [-0.39, 0.29) is 10.6 Å². The molecule has 0 aliphatic carbocycles. The first-order valence-corrected chi connectivity index (χ1v) is 7.74. The summed E-state index contributed by atoms with van der Waals surface area (Å²) >= 11 is 3.29. The van der Waals surface area contributed by atoms with Gasteiger partial charge in [0.2, 0.25) is 0 Å². The van der Waals surface area contributed by atoms with Crippen LogP contribution in [0.25, 0.3) is 0 Å². The third-order valence-corrected chi connectivity index (χ3v) is 4.55. The van der Waals surface area contributed by atoms with Gasteiger partial charge in [-0.3, -0.25) is 4.72 Å². The molecule has 2 rings (SSSR count). The van der Waals surface area contributed by atoms with Gasteiger partial charge in [0.1, 0.15) is 5.75 Å². The van der Waals surface area contributed by atoms with Gasteiger partial charge in [-0.25, -0.2) is 8.42 Å². The maximum absolute atomic E-state index is 12.2. The first-order valence-electron chi connectivity index (χ1n) is 5.46. The number of aryl methyl sites for hydroxylation is 1. The highest BCUT2D eigenvalue weighted by atomic mass is 79.9. The lowest BCUT2D eigenvalue weighted by Gasteiger charge is -2.10. The molecule has 0 spiro atoms. The van der Waals surface area contributed by atoms with Crippen LogP contribution < -0.4 is 4.72 Å². The van der Waals surface area contributed by atoms with E-state index < -0.39 is 10.0 Å². The molecule has 0 bridgehead atoms. The second-order valence-electron chi connectivity index (χ2n) is 4.09. The number of aromatic hydroxyl groups is 1. The van der Waals surface area contributed by atoms with Gasteiger partial charge in [-0.1, -0.05) is 12.1 Å². The molecular formula is C13H12BrNO3S. The van der Waals surface area contributed by atoms with Gasteiger partial charge in [0.15, 0.2) is 0 Å². The third-order valence-electron chi connectivity index (χ3n) is 2.49. The van der Waals surface area contributed by atoms with E-state index in [0.29, 0.717) is 10.2 Å². The van der Waals surface area contributed by atoms with Crippen molar-refractivity contribution < 1.29 is 13.5 Å². The summed E-state index contributed by atoms with van der Waals surface area (Å²) in [5.74, 6) is -0.0915. The van der Waals surface area contributed by atoms with Crippen molar-refractivity contribution in [2.75, 3.05) is 4.72 Å². The summed E-state index contributed by atoms with van der Waals surface area (Å²) in [7, 11) is -3.72. The van der Waals surface area contributed by atoms with E-state index in [0.717, 1.165) is 5.56 Å². The average Bonchev–Trinajstić information content (AvgIpc) is 2.33. The van der Waals surface area contributed by atoms with Crippen LogP contribution >= 0.6 is 15.9 Å². The van der Waals surface area contributed by atoms with E-state index in [9.17, 15) is 13.5 Å². The van der Waals surface area contributed by atoms with Crippen LogP contribution in [0.1, 0.15) is 5.56 Å². The van der Waals surface area contributed by atoms with Crippen LogP contribution in [-0.4, -0.2) is 13.5 Å². The zero-order chi connectivity index (χ0) is 14.0. The molecule has 0 unspecified atom stereocenters. The standard InChI is InChI=1S/C13H12BrNO3S/c1-9-5-6-12(14)13(7-9)15-19(17,18)11-4-2-3-10(16)8-11/h2-8,15-16H,1H3. The third kappa shape index (κ3) is 3.27. The molecule has 2 aromatic rings. The number of phenolic OH excluding ortho intramolecular Hbond substituents is 1. The molecule has 6 heteroatoms. The molecule has 19 heavy (non-hydrogen) atoms. The second kappa shape index (κ2) is 5.22. The van der Waals surface area contributed by atoms with E-state index in [1.54, 1.807) is 12.1 Å². The lowest BCUT2D eigenvalue weighted by atomic mass is 10.2. The largest absolute Gasteiger partial charge is 0.508 e. The van der Waals surface area contributed by atoms with Crippen LogP contribution in [0.5, 0.6) is 5.75 Å². The lowest BCUT2D eigenvalue weighted by molar-refractivity contribution is 0.473. The van der Waals surface area contributed by atoms with Gasteiger partial charge < -0.3 is 5.11 Å². The Hall–Kier alpha value is -1.53. The van der Waals surface area contributed by atoms with Crippen molar-refractivity contribution in [3.63, 3.8) is 0 Å². The predicted octanol–water partition coefficient (Wildman–Crippen LogP) is 3.26. The highest BCUT2D eigenvalue weighted by Crippen LogP contribution is 2.26. The monoisotopic (exact) mass is 341 g/mol. The predicted molar refractivity (Wildman–Crippen MR) is 77.8 cm³/mol. The Balaban J connectivity index is 2.39. The van der Waals surface area contributed by atoms with Gasteiger partial charge in [-0.15, -0.1) is 0 Å². The Labute approximate surface area is 120 Å². The molecule has 0 atom stereocenters. The number of sulfonamides is 1. The average molecular weight is 342 g/mol. The van der Waals surface area contributed by atoms with Crippen molar-refractivity contribution >= 4 is 31.6 Å². The Morgan fingerprint density at radius 3 is 2.58 bits per heavy atom. The minimum absolute atomic E-state index is 0.0147. The van der Waals surface area contributed by atoms with E-state index in [4.69, 9.17) is 0 Å². The zero-order valence-electron chi connectivity index (χ0n) is 10.1. The molecule has 2 aromatic carbocycles. The first kappa shape index (κ1) is 13.9. The number of nitrogens with one attached hydrogen (secondary N) is 1. The molecular weight excluding hydrogens is 330 g/mol. The first-order chi connectivity index (χ1) is 8.88. The molecule has 0 heterocycles. The number of benzene rings is 2. The van der Waals surface area contributed by atoms with Gasteiger partial charge >= 0.3 is 0 Å². The Kier molecular flexibility index (Phi) is 3.82. The molecule has 0 radical (unpaired) electrons. The highest BCUT2D eigenvalue weighted by molar-refractivity contribution is 9.10. The van der Waals surface area contributed by atoms with Gasteiger partial charge in [-0.2, -0.15) is 0 Å². The minimum Gasteiger partial charge on any atom is -0.508 e. The van der Waals surface area contributed by atoms with Crippen molar-refractivity contribution in [2.45, 2.75) is 11.8 Å². The second-order valence-corrected chi connectivity index (χ2v) is 6.62. The number of rotatable bonds is 3. The molecule has 4 nitrogen and oxygen atoms in total. The van der Waals surface area contributed by atoms with Crippen molar-refractivity contribution in [1.29, 1.82) is 0 Å². The van der Waals surface area contributed by atoms with Crippen molar-refractivity contribution in [2.24, 2.45) is 0 Å². The summed E-state index contributed by atoms with van der Waals surface area (Å²) in [6, 6.07) is 10.9. The quantitative estimate of drug-likeness (QED) is 0.900. The molecule has 0 aliphatic heterocycles. The molecule has 0 saturated carbocycles. The summed E-state index contributed by atoms with van der Waals surface area (Å²) in [5, 5.41) is 9.34. The smallest absolute Gasteiger partial charge is 0.262 e. The molecule has 100 valence electrons. The summed E-state index contributed by atoms with van der Waals surface area (Å²) in [6.07, 6.45) is 0. The fourth-order valence-electron chi connectivity index (χ4n) is 1.57. The van der Waals surface area contributed by atoms with Crippen LogP contribution in [0.2, 0.25) is 0 Å². The molecule has 0 aliphatic rings. The summed E-state index contributed by atoms with van der Waals surface area (Å²) in [6.45, 7) is 1.87. The molecule has 0 aromatic heterocycles. The maximum atomic E-state index is 12.2. The van der Waals surface area contributed by atoms with Gasteiger partial charge in [0, 0.05) is 10.5 Å².